The van der Waals surface area contributed by atoms with E-state index < -0.39 is 35.0 Å². The fraction of sp³-hybridized carbons (Fsp3) is 0.406. The second-order valence-electron chi connectivity index (χ2n) is 11.4. The Bertz CT molecular complexity index is 1900. The van der Waals surface area contributed by atoms with E-state index in [0.29, 0.717) is 22.3 Å². The first-order valence-corrected chi connectivity index (χ1v) is 19.2. The molecule has 0 radical (unpaired) electrons. The molecule has 0 aliphatic rings. The Kier molecular flexibility index (Phi) is 15.7. The lowest BCUT2D eigenvalue weighted by atomic mass is 10.0. The molecule has 0 saturated carbocycles. The molecule has 3 aromatic rings. The van der Waals surface area contributed by atoms with Crippen LogP contribution in [-0.4, -0.2) is 31.2 Å². The molecule has 0 spiro atoms. The number of amides is 1. The summed E-state index contributed by atoms with van der Waals surface area (Å²) in [4.78, 5) is 11.6. The molecule has 258 valence electrons. The molecule has 0 fully saturated rings. The second kappa shape index (κ2) is 16.4. The van der Waals surface area contributed by atoms with E-state index in [9.17, 15) is 30.0 Å². The molecule has 3 rings (SSSR count). The van der Waals surface area contributed by atoms with Gasteiger partial charge in [0.25, 0.3) is 19.1 Å². The predicted octanol–water partition coefficient (Wildman–Crippen LogP) is 6.78. The zero-order chi connectivity index (χ0) is 35.6. The Balaban J connectivity index is 0.000000658. The van der Waals surface area contributed by atoms with Crippen LogP contribution in [0.3, 0.4) is 0 Å². The van der Waals surface area contributed by atoms with E-state index in [2.05, 4.69) is 0 Å². The van der Waals surface area contributed by atoms with Gasteiger partial charge < -0.3 is 0 Å². The van der Waals surface area contributed by atoms with Crippen molar-refractivity contribution in [2.45, 2.75) is 105 Å². The molecular formula is C32H46ClIN2O7S3. The van der Waals surface area contributed by atoms with Crippen LogP contribution in [0.4, 0.5) is 0 Å². The van der Waals surface area contributed by atoms with Crippen molar-refractivity contribution in [3.63, 3.8) is 0 Å². The average Bonchev–Trinajstić information content (AvgIpc) is 2.82. The van der Waals surface area contributed by atoms with Crippen molar-refractivity contribution >= 4 is 69.7 Å². The smallest absolute Gasteiger partial charge is 0.264 e. The third-order valence-corrected chi connectivity index (χ3v) is 12.4. The summed E-state index contributed by atoms with van der Waals surface area (Å²) in [5.74, 6) is -0.581. The first-order valence-electron chi connectivity index (χ1n) is 13.9. The minimum Gasteiger partial charge on any atom is -0.274 e. The van der Waals surface area contributed by atoms with Crippen molar-refractivity contribution in [1.82, 2.24) is 4.72 Å². The zero-order valence-electron chi connectivity index (χ0n) is 28.7. The summed E-state index contributed by atoms with van der Waals surface area (Å²) in [6, 6.07) is 5.51. The highest BCUT2D eigenvalue weighted by Crippen LogP contribution is 2.28. The quantitative estimate of drug-likeness (QED) is 0.217. The molecule has 14 heteroatoms. The van der Waals surface area contributed by atoms with Gasteiger partial charge in [-0.15, -0.1) is 24.0 Å². The first kappa shape index (κ1) is 44.0. The molecule has 0 aromatic heterocycles. The van der Waals surface area contributed by atoms with E-state index in [4.69, 9.17) is 15.8 Å². The summed E-state index contributed by atoms with van der Waals surface area (Å²) in [6.07, 6.45) is 0. The van der Waals surface area contributed by atoms with Gasteiger partial charge in [-0.05, 0) is 150 Å². The Morgan fingerprint density at radius 3 is 1.13 bits per heavy atom. The number of carbonyl (C=O) groups excluding carboxylic acids is 1. The van der Waals surface area contributed by atoms with Crippen molar-refractivity contribution < 1.29 is 30.0 Å². The standard InChI is InChI=1S/C12H17NO3S.C10H13ClO2S.C10H15NO2S.HI/c1-7-6-8(2)12(10(4)9(7)3)17(15,16)13-11(5)14;2*1-6-5-7(2)10(14(11,12)13)9(4)8(6)3;/h6H,1-5H3,(H,13,14);5H,1-4H3;5H,1-4H3,(H2,11,12,13);1H. The van der Waals surface area contributed by atoms with E-state index in [0.717, 1.165) is 44.5 Å². The van der Waals surface area contributed by atoms with Crippen LogP contribution in [0.15, 0.2) is 32.9 Å². The lowest BCUT2D eigenvalue weighted by Gasteiger charge is -2.15. The van der Waals surface area contributed by atoms with Gasteiger partial charge in [-0.3, -0.25) is 4.79 Å². The monoisotopic (exact) mass is 828 g/mol. The molecule has 0 heterocycles. The number of rotatable bonds is 4. The van der Waals surface area contributed by atoms with E-state index in [-0.39, 0.29) is 38.7 Å². The van der Waals surface area contributed by atoms with Gasteiger partial charge in [0.15, 0.2) is 0 Å². The third-order valence-electron chi connectivity index (χ3n) is 7.93. The van der Waals surface area contributed by atoms with Gasteiger partial charge >= 0.3 is 0 Å². The first-order chi connectivity index (χ1) is 20.2. The molecule has 9 nitrogen and oxygen atoms in total. The highest BCUT2D eigenvalue weighted by Gasteiger charge is 2.23. The Hall–Kier alpha value is -2.04. The Morgan fingerprint density at radius 2 is 0.826 bits per heavy atom. The lowest BCUT2D eigenvalue weighted by molar-refractivity contribution is -0.117. The van der Waals surface area contributed by atoms with Crippen LogP contribution in [0.25, 0.3) is 0 Å². The number of benzene rings is 3. The van der Waals surface area contributed by atoms with E-state index in [1.807, 2.05) is 64.5 Å². The molecule has 0 aliphatic carbocycles. The molecule has 0 bridgehead atoms. The summed E-state index contributed by atoms with van der Waals surface area (Å²) in [5.41, 5.74) is 10.4. The van der Waals surface area contributed by atoms with Crippen LogP contribution in [0.1, 0.15) is 73.7 Å². The molecule has 0 saturated heterocycles. The second-order valence-corrected chi connectivity index (χ2v) is 17.0. The maximum Gasteiger partial charge on any atom is 0.264 e. The fourth-order valence-corrected chi connectivity index (χ4v) is 9.53. The zero-order valence-corrected chi connectivity index (χ0v) is 34.2. The largest absolute Gasteiger partial charge is 0.274 e. The molecule has 3 N–H and O–H groups in total. The van der Waals surface area contributed by atoms with Gasteiger partial charge in [0, 0.05) is 17.6 Å². The van der Waals surface area contributed by atoms with Gasteiger partial charge in [0.2, 0.25) is 15.9 Å². The van der Waals surface area contributed by atoms with Crippen LogP contribution in [0, 0.1) is 83.1 Å². The predicted molar refractivity (Wildman–Crippen MR) is 197 cm³/mol. The summed E-state index contributed by atoms with van der Waals surface area (Å²) in [6.45, 7) is 23.3. The normalized spacial score (nSPS) is 11.4. The number of primary sulfonamides is 1. The average molecular weight is 829 g/mol. The Labute approximate surface area is 297 Å². The number of nitrogens with two attached hydrogens (primary N) is 1. The van der Waals surface area contributed by atoms with Crippen LogP contribution >= 0.6 is 34.7 Å². The van der Waals surface area contributed by atoms with Crippen molar-refractivity contribution in [1.29, 1.82) is 0 Å². The van der Waals surface area contributed by atoms with Gasteiger partial charge in [-0.25, -0.2) is 35.1 Å². The van der Waals surface area contributed by atoms with Gasteiger partial charge in [-0.1, -0.05) is 18.2 Å². The van der Waals surface area contributed by atoms with E-state index in [1.54, 1.807) is 41.5 Å². The van der Waals surface area contributed by atoms with Crippen LogP contribution in [0.2, 0.25) is 0 Å². The maximum absolute atomic E-state index is 12.0. The summed E-state index contributed by atoms with van der Waals surface area (Å²) < 4.78 is 71.3. The SMILES string of the molecule is CC(=O)NS(=O)(=O)c1c(C)cc(C)c(C)c1C.Cc1cc(C)c(S(=O)(=O)Cl)c(C)c1C.Cc1cc(C)c(S(N)(=O)=O)c(C)c1C.I. The van der Waals surface area contributed by atoms with Crippen LogP contribution in [-0.2, 0) is 33.9 Å². The lowest BCUT2D eigenvalue weighted by Crippen LogP contribution is -2.29. The van der Waals surface area contributed by atoms with Crippen molar-refractivity contribution in [2.75, 3.05) is 0 Å². The van der Waals surface area contributed by atoms with Gasteiger partial charge in [-0.2, -0.15) is 0 Å². The number of sulfonamides is 2. The number of halogens is 2. The van der Waals surface area contributed by atoms with Crippen molar-refractivity contribution in [3.8, 4) is 0 Å². The summed E-state index contributed by atoms with van der Waals surface area (Å²) >= 11 is 0. The highest BCUT2D eigenvalue weighted by atomic mass is 127. The van der Waals surface area contributed by atoms with Gasteiger partial charge in [0.05, 0.1) is 14.7 Å². The number of nitrogens with one attached hydrogen (secondary N) is 1. The summed E-state index contributed by atoms with van der Waals surface area (Å²) in [5, 5.41) is 5.15. The molecule has 1 amide bonds. The number of aryl methyl sites for hydroxylation is 6. The molecular weight excluding hydrogens is 783 g/mol. The van der Waals surface area contributed by atoms with E-state index in [1.165, 1.54) is 6.92 Å². The maximum atomic E-state index is 12.0. The van der Waals surface area contributed by atoms with Crippen molar-refractivity contribution in [2.24, 2.45) is 5.14 Å². The van der Waals surface area contributed by atoms with Crippen molar-refractivity contribution in [3.05, 3.63) is 85.0 Å². The van der Waals surface area contributed by atoms with Crippen LogP contribution < -0.4 is 9.86 Å². The minimum atomic E-state index is -3.76. The Morgan fingerprint density at radius 1 is 0.543 bits per heavy atom. The number of hydrogen-bond donors (Lipinski definition) is 2. The topological polar surface area (TPSA) is 158 Å². The van der Waals surface area contributed by atoms with E-state index >= 15 is 0 Å². The number of carbonyl (C=O) groups is 1. The molecule has 46 heavy (non-hydrogen) atoms. The summed E-state index contributed by atoms with van der Waals surface area (Å²) in [7, 11) is -5.63. The fourth-order valence-electron chi connectivity index (χ4n) is 5.25. The minimum absolute atomic E-state index is 0. The number of hydrogen-bond acceptors (Lipinski definition) is 7. The van der Waals surface area contributed by atoms with Gasteiger partial charge in [0.1, 0.15) is 0 Å². The third kappa shape index (κ3) is 10.7. The molecule has 0 atom stereocenters. The van der Waals surface area contributed by atoms with Crippen LogP contribution in [0.5, 0.6) is 0 Å². The molecule has 0 unspecified atom stereocenters. The highest BCUT2D eigenvalue weighted by molar-refractivity contribution is 14.0. The molecule has 0 aliphatic heterocycles. The molecule has 3 aromatic carbocycles.